The summed E-state index contributed by atoms with van der Waals surface area (Å²) in [6.07, 6.45) is 3.73. The van der Waals surface area contributed by atoms with Gasteiger partial charge in [-0.15, -0.1) is 11.8 Å². The van der Waals surface area contributed by atoms with Crippen LogP contribution in [0.5, 0.6) is 0 Å². The van der Waals surface area contributed by atoms with Gasteiger partial charge in [0.05, 0.1) is 0 Å². The fourth-order valence-electron chi connectivity index (χ4n) is 2.67. The monoisotopic (exact) mass is 264 g/mol. The van der Waals surface area contributed by atoms with E-state index in [4.69, 9.17) is 5.84 Å². The largest absolute Gasteiger partial charge is 0.271 e. The molecule has 1 aromatic carbocycles. The zero-order valence-corrected chi connectivity index (χ0v) is 12.2. The fourth-order valence-corrected chi connectivity index (χ4v) is 4.00. The Morgan fingerprint density at radius 2 is 2.11 bits per heavy atom. The molecule has 0 aromatic heterocycles. The third-order valence-corrected chi connectivity index (χ3v) is 4.94. The van der Waals surface area contributed by atoms with Gasteiger partial charge < -0.3 is 0 Å². The lowest BCUT2D eigenvalue weighted by atomic mass is 9.89. The molecule has 1 aromatic rings. The van der Waals surface area contributed by atoms with Crippen LogP contribution in [-0.2, 0) is 0 Å². The van der Waals surface area contributed by atoms with Crippen LogP contribution in [0.2, 0.25) is 0 Å². The molecule has 3 N–H and O–H groups in total. The van der Waals surface area contributed by atoms with Gasteiger partial charge in [-0.25, -0.2) is 0 Å². The van der Waals surface area contributed by atoms with Gasteiger partial charge in [-0.3, -0.25) is 11.3 Å². The summed E-state index contributed by atoms with van der Waals surface area (Å²) in [5.74, 6) is 8.29. The summed E-state index contributed by atoms with van der Waals surface area (Å²) in [6, 6.07) is 9.16. The van der Waals surface area contributed by atoms with Crippen molar-refractivity contribution in [2.75, 3.05) is 5.75 Å². The molecule has 1 heterocycles. The number of rotatable bonds is 6. The SMILES string of the molecule is CC(C)CCCC(NN)C1CSc2ccccc21. The van der Waals surface area contributed by atoms with E-state index in [1.807, 2.05) is 11.8 Å². The number of nitrogens with two attached hydrogens (primary N) is 1. The number of thioether (sulfide) groups is 1. The third-order valence-electron chi connectivity index (χ3n) is 3.73. The minimum absolute atomic E-state index is 0.417. The highest BCUT2D eigenvalue weighted by Gasteiger charge is 2.29. The van der Waals surface area contributed by atoms with Crippen molar-refractivity contribution in [3.63, 3.8) is 0 Å². The molecule has 1 aliphatic rings. The van der Waals surface area contributed by atoms with E-state index in [-0.39, 0.29) is 0 Å². The molecule has 0 radical (unpaired) electrons. The summed E-state index contributed by atoms with van der Waals surface area (Å²) in [5, 5.41) is 0. The molecule has 3 heteroatoms. The Balaban J connectivity index is 1.97. The summed E-state index contributed by atoms with van der Waals surface area (Å²) in [5.41, 5.74) is 4.53. The summed E-state index contributed by atoms with van der Waals surface area (Å²) in [4.78, 5) is 1.44. The average Bonchev–Trinajstić information content (AvgIpc) is 2.78. The fraction of sp³-hybridized carbons (Fsp3) is 0.600. The van der Waals surface area contributed by atoms with Crippen LogP contribution in [-0.4, -0.2) is 11.8 Å². The molecule has 18 heavy (non-hydrogen) atoms. The molecule has 1 aliphatic heterocycles. The quantitative estimate of drug-likeness (QED) is 0.610. The van der Waals surface area contributed by atoms with Crippen molar-refractivity contribution in [3.8, 4) is 0 Å². The van der Waals surface area contributed by atoms with E-state index >= 15 is 0 Å². The van der Waals surface area contributed by atoms with Crippen LogP contribution in [0.1, 0.15) is 44.6 Å². The molecule has 2 nitrogen and oxygen atoms in total. The number of hydrazine groups is 1. The molecule has 0 amide bonds. The third kappa shape index (κ3) is 3.28. The summed E-state index contributed by atoms with van der Waals surface area (Å²) < 4.78 is 0. The summed E-state index contributed by atoms with van der Waals surface area (Å²) in [6.45, 7) is 4.57. The summed E-state index contributed by atoms with van der Waals surface area (Å²) in [7, 11) is 0. The van der Waals surface area contributed by atoms with E-state index in [1.54, 1.807) is 0 Å². The van der Waals surface area contributed by atoms with Crippen LogP contribution in [0, 0.1) is 5.92 Å². The van der Waals surface area contributed by atoms with E-state index in [9.17, 15) is 0 Å². The average molecular weight is 264 g/mol. The van der Waals surface area contributed by atoms with Gasteiger partial charge in [0.25, 0.3) is 0 Å². The molecule has 100 valence electrons. The molecule has 2 rings (SSSR count). The lowest BCUT2D eigenvalue weighted by Gasteiger charge is -2.23. The first-order chi connectivity index (χ1) is 8.72. The molecule has 2 unspecified atom stereocenters. The second kappa shape index (κ2) is 6.60. The van der Waals surface area contributed by atoms with Crippen LogP contribution < -0.4 is 11.3 Å². The van der Waals surface area contributed by atoms with Crippen LogP contribution in [0.15, 0.2) is 29.2 Å². The highest BCUT2D eigenvalue weighted by atomic mass is 32.2. The minimum atomic E-state index is 0.417. The smallest absolute Gasteiger partial charge is 0.0287 e. The van der Waals surface area contributed by atoms with Crippen molar-refractivity contribution in [2.24, 2.45) is 11.8 Å². The van der Waals surface area contributed by atoms with Gasteiger partial charge in [0.1, 0.15) is 0 Å². The maximum Gasteiger partial charge on any atom is 0.0287 e. The van der Waals surface area contributed by atoms with Crippen molar-refractivity contribution in [3.05, 3.63) is 29.8 Å². The van der Waals surface area contributed by atoms with E-state index < -0.39 is 0 Å². The second-order valence-corrected chi connectivity index (χ2v) is 6.62. The first kappa shape index (κ1) is 13.9. The standard InChI is InChI=1S/C15H24N2S/c1-11(2)6-5-8-14(17-16)13-10-18-15-9-4-3-7-12(13)15/h3-4,7,9,11,13-14,17H,5-6,8,10,16H2,1-2H3. The molecule has 0 saturated heterocycles. The maximum atomic E-state index is 5.77. The maximum absolute atomic E-state index is 5.77. The van der Waals surface area contributed by atoms with Gasteiger partial charge in [-0.2, -0.15) is 0 Å². The Morgan fingerprint density at radius 3 is 2.83 bits per heavy atom. The van der Waals surface area contributed by atoms with Gasteiger partial charge in [-0.05, 0) is 24.0 Å². The Labute approximate surface area is 115 Å². The lowest BCUT2D eigenvalue weighted by molar-refractivity contribution is 0.405. The summed E-state index contributed by atoms with van der Waals surface area (Å²) >= 11 is 1.96. The van der Waals surface area contributed by atoms with E-state index in [0.29, 0.717) is 12.0 Å². The number of benzene rings is 1. The normalized spacial score (nSPS) is 20.1. The molecular weight excluding hydrogens is 240 g/mol. The molecule has 0 saturated carbocycles. The first-order valence-electron chi connectivity index (χ1n) is 6.90. The van der Waals surface area contributed by atoms with Crippen LogP contribution >= 0.6 is 11.8 Å². The Kier molecular flexibility index (Phi) is 5.10. The van der Waals surface area contributed by atoms with E-state index in [2.05, 4.69) is 43.5 Å². The molecule has 0 aliphatic carbocycles. The predicted octanol–water partition coefficient (Wildman–Crippen LogP) is 3.53. The van der Waals surface area contributed by atoms with Crippen LogP contribution in [0.4, 0.5) is 0 Å². The van der Waals surface area contributed by atoms with Gasteiger partial charge in [0.15, 0.2) is 0 Å². The van der Waals surface area contributed by atoms with Crippen LogP contribution in [0.3, 0.4) is 0 Å². The number of nitrogens with one attached hydrogen (secondary N) is 1. The molecule has 0 spiro atoms. The van der Waals surface area contributed by atoms with Crippen molar-refractivity contribution >= 4 is 11.8 Å². The molecule has 0 fully saturated rings. The number of fused-ring (bicyclic) bond motifs is 1. The minimum Gasteiger partial charge on any atom is -0.271 e. The number of hydrogen-bond donors (Lipinski definition) is 2. The van der Waals surface area contributed by atoms with E-state index in [0.717, 1.165) is 11.7 Å². The number of hydrogen-bond acceptors (Lipinski definition) is 3. The van der Waals surface area contributed by atoms with Gasteiger partial charge in [0, 0.05) is 22.6 Å². The highest BCUT2D eigenvalue weighted by molar-refractivity contribution is 7.99. The zero-order valence-electron chi connectivity index (χ0n) is 11.4. The Hall–Kier alpha value is -0.510. The van der Waals surface area contributed by atoms with Gasteiger partial charge in [-0.1, -0.05) is 44.9 Å². The lowest BCUT2D eigenvalue weighted by Crippen LogP contribution is -2.40. The van der Waals surface area contributed by atoms with Crippen molar-refractivity contribution in [1.29, 1.82) is 0 Å². The van der Waals surface area contributed by atoms with E-state index in [1.165, 1.54) is 29.7 Å². The van der Waals surface area contributed by atoms with Crippen molar-refractivity contribution in [1.82, 2.24) is 5.43 Å². The Bertz CT molecular complexity index is 379. The van der Waals surface area contributed by atoms with Crippen molar-refractivity contribution < 1.29 is 0 Å². The first-order valence-corrected chi connectivity index (χ1v) is 7.88. The van der Waals surface area contributed by atoms with Gasteiger partial charge in [0.2, 0.25) is 0 Å². The topological polar surface area (TPSA) is 38.0 Å². The molecule has 2 atom stereocenters. The Morgan fingerprint density at radius 1 is 1.33 bits per heavy atom. The molecule has 0 bridgehead atoms. The second-order valence-electron chi connectivity index (χ2n) is 5.55. The van der Waals surface area contributed by atoms with Crippen molar-refractivity contribution in [2.45, 2.75) is 50.0 Å². The predicted molar refractivity (Wildman–Crippen MR) is 79.7 cm³/mol. The molecular formula is C15H24N2S. The zero-order chi connectivity index (χ0) is 13.0. The van der Waals surface area contributed by atoms with Gasteiger partial charge >= 0.3 is 0 Å². The highest BCUT2D eigenvalue weighted by Crippen LogP contribution is 2.41. The van der Waals surface area contributed by atoms with Crippen LogP contribution in [0.25, 0.3) is 0 Å².